The van der Waals surface area contributed by atoms with Gasteiger partial charge in [0.25, 0.3) is 6.20 Å². The fourth-order valence-corrected chi connectivity index (χ4v) is 6.29. The zero-order valence-corrected chi connectivity index (χ0v) is 23.0. The van der Waals surface area contributed by atoms with Crippen molar-refractivity contribution in [3.05, 3.63) is 104 Å². The molecule has 0 aliphatic rings. The lowest BCUT2D eigenvalue weighted by Crippen LogP contribution is -2.42. The molecule has 200 valence electrons. The second-order valence-corrected chi connectivity index (χ2v) is 11.3. The average molecular weight is 556 g/mol. The minimum atomic E-state index is -4.06. The van der Waals surface area contributed by atoms with Crippen LogP contribution < -0.4 is 10.0 Å². The van der Waals surface area contributed by atoms with Crippen molar-refractivity contribution in [1.29, 1.82) is 0 Å². The number of sulfonamides is 1. The highest BCUT2D eigenvalue weighted by Gasteiger charge is 2.28. The van der Waals surface area contributed by atoms with E-state index >= 15 is 0 Å². The molecule has 0 fully saturated rings. The molecule has 3 N–H and O–H groups in total. The molecular formula is C27H29N3O6S2. The van der Waals surface area contributed by atoms with E-state index in [-0.39, 0.29) is 11.3 Å². The van der Waals surface area contributed by atoms with Crippen LogP contribution in [0.2, 0.25) is 0 Å². The van der Waals surface area contributed by atoms with Crippen molar-refractivity contribution in [2.45, 2.75) is 38.1 Å². The van der Waals surface area contributed by atoms with E-state index in [4.69, 9.17) is 0 Å². The molecule has 0 saturated heterocycles. The number of anilines is 1. The smallest absolute Gasteiger partial charge is 0.322 e. The summed E-state index contributed by atoms with van der Waals surface area (Å²) in [5.74, 6) is -1.27. The van der Waals surface area contributed by atoms with E-state index in [2.05, 4.69) is 10.0 Å². The maximum absolute atomic E-state index is 13.1. The number of nitrogens with zero attached hydrogens (tertiary/aromatic N) is 1. The summed E-state index contributed by atoms with van der Waals surface area (Å²) in [5, 5.41) is 24.0. The Bertz CT molecular complexity index is 1460. The summed E-state index contributed by atoms with van der Waals surface area (Å²) in [7, 11) is -4.06. The summed E-state index contributed by atoms with van der Waals surface area (Å²) in [4.78, 5) is 22.3. The molecule has 0 amide bonds. The molecule has 0 saturated carbocycles. The van der Waals surface area contributed by atoms with Crippen LogP contribution in [-0.4, -0.2) is 36.7 Å². The van der Waals surface area contributed by atoms with Gasteiger partial charge >= 0.3 is 5.97 Å². The highest BCUT2D eigenvalue weighted by atomic mass is 32.2. The van der Waals surface area contributed by atoms with E-state index < -0.39 is 27.0 Å². The SMILES string of the molecule is CSC(=C[N+](=O)[O-])Nc1cccc(-c2ccc(CC(NS(=O)(=O)c3c(C)cc(C)cc3C)C(=O)O)cc2)c1. The van der Waals surface area contributed by atoms with Gasteiger partial charge in [0.2, 0.25) is 10.0 Å². The Kier molecular flexibility index (Phi) is 9.31. The molecule has 3 rings (SSSR count). The van der Waals surface area contributed by atoms with Gasteiger partial charge in [-0.05, 0) is 73.4 Å². The van der Waals surface area contributed by atoms with Gasteiger partial charge in [-0.15, -0.1) is 11.8 Å². The number of benzene rings is 3. The highest BCUT2D eigenvalue weighted by Crippen LogP contribution is 2.26. The van der Waals surface area contributed by atoms with E-state index in [1.807, 2.05) is 37.3 Å². The number of nitro groups is 1. The summed E-state index contributed by atoms with van der Waals surface area (Å²) in [6.07, 6.45) is 2.60. The van der Waals surface area contributed by atoms with Gasteiger partial charge in [-0.3, -0.25) is 14.9 Å². The van der Waals surface area contributed by atoms with Crippen LogP contribution in [0.5, 0.6) is 0 Å². The molecule has 0 bridgehead atoms. The first-order valence-corrected chi connectivity index (χ1v) is 14.3. The summed E-state index contributed by atoms with van der Waals surface area (Å²) in [5.41, 5.74) is 5.05. The Balaban J connectivity index is 1.79. The molecule has 0 aliphatic carbocycles. The topological polar surface area (TPSA) is 139 Å². The molecule has 0 aliphatic heterocycles. The van der Waals surface area contributed by atoms with Crippen LogP contribution in [0.1, 0.15) is 22.3 Å². The normalized spacial score (nSPS) is 12.7. The first-order valence-electron chi connectivity index (χ1n) is 11.6. The molecule has 3 aromatic carbocycles. The van der Waals surface area contributed by atoms with Crippen LogP contribution in [0.25, 0.3) is 11.1 Å². The molecule has 1 atom stereocenters. The molecule has 0 radical (unpaired) electrons. The number of carbonyl (C=O) groups is 1. The lowest BCUT2D eigenvalue weighted by Gasteiger charge is -2.18. The van der Waals surface area contributed by atoms with Crippen LogP contribution >= 0.6 is 11.8 Å². The van der Waals surface area contributed by atoms with Crippen LogP contribution in [0.3, 0.4) is 0 Å². The molecule has 0 spiro atoms. The molecule has 3 aromatic rings. The number of thioether (sulfide) groups is 1. The quantitative estimate of drug-likeness (QED) is 0.219. The standard InChI is InChI=1S/C27H29N3O6S2/c1-17-12-18(2)26(19(3)13-17)38(35,36)29-24(27(31)32)14-20-8-10-21(11-9-20)22-6-5-7-23(15-22)28-25(37-4)16-30(33)34/h5-13,15-16,24,28-29H,14H2,1-4H3,(H,31,32). The Hall–Kier alpha value is -3.67. The minimum Gasteiger partial charge on any atom is -0.480 e. The fourth-order valence-electron chi connectivity index (χ4n) is 4.24. The minimum absolute atomic E-state index is 0.0385. The predicted octanol–water partition coefficient (Wildman–Crippen LogP) is 5.10. The van der Waals surface area contributed by atoms with Crippen molar-refractivity contribution >= 4 is 33.4 Å². The summed E-state index contributed by atoms with van der Waals surface area (Å²) in [6, 6.07) is 16.6. The van der Waals surface area contributed by atoms with E-state index in [9.17, 15) is 28.4 Å². The maximum Gasteiger partial charge on any atom is 0.322 e. The molecule has 1 unspecified atom stereocenters. The molecule has 0 aromatic heterocycles. The molecule has 0 heterocycles. The number of aliphatic carboxylic acids is 1. The predicted molar refractivity (Wildman–Crippen MR) is 150 cm³/mol. The number of hydrogen-bond acceptors (Lipinski definition) is 7. The third-order valence-electron chi connectivity index (χ3n) is 5.77. The average Bonchev–Trinajstić information content (AvgIpc) is 2.82. The van der Waals surface area contributed by atoms with Crippen LogP contribution in [0, 0.1) is 30.9 Å². The number of aryl methyl sites for hydroxylation is 3. The van der Waals surface area contributed by atoms with E-state index in [0.717, 1.165) is 22.9 Å². The Morgan fingerprint density at radius 1 is 1.05 bits per heavy atom. The number of carboxylic acid groups (broad SMARTS) is 1. The Morgan fingerprint density at radius 3 is 2.24 bits per heavy atom. The number of nitrogens with one attached hydrogen (secondary N) is 2. The third-order valence-corrected chi connectivity index (χ3v) is 8.19. The lowest BCUT2D eigenvalue weighted by atomic mass is 10.0. The van der Waals surface area contributed by atoms with Crippen molar-refractivity contribution in [1.82, 2.24) is 4.72 Å². The molecule has 11 heteroatoms. The van der Waals surface area contributed by atoms with Gasteiger partial charge in [0, 0.05) is 5.69 Å². The lowest BCUT2D eigenvalue weighted by molar-refractivity contribution is -0.402. The van der Waals surface area contributed by atoms with Crippen LogP contribution in [0.15, 0.2) is 76.8 Å². The van der Waals surface area contributed by atoms with Gasteiger partial charge in [0.15, 0.2) is 0 Å². The maximum atomic E-state index is 13.1. The third kappa shape index (κ3) is 7.44. The van der Waals surface area contributed by atoms with Gasteiger partial charge in [0.05, 0.1) is 9.82 Å². The second-order valence-electron chi connectivity index (χ2n) is 8.83. The fraction of sp³-hybridized carbons (Fsp3) is 0.222. The van der Waals surface area contributed by atoms with Gasteiger partial charge in [-0.2, -0.15) is 4.72 Å². The van der Waals surface area contributed by atoms with Crippen molar-refractivity contribution in [3.63, 3.8) is 0 Å². The van der Waals surface area contributed by atoms with Crippen LogP contribution in [0.4, 0.5) is 5.69 Å². The molecule has 9 nitrogen and oxygen atoms in total. The van der Waals surface area contributed by atoms with Gasteiger partial charge in [0.1, 0.15) is 11.1 Å². The zero-order valence-electron chi connectivity index (χ0n) is 21.4. The summed E-state index contributed by atoms with van der Waals surface area (Å²) < 4.78 is 28.5. The van der Waals surface area contributed by atoms with Crippen molar-refractivity contribution < 1.29 is 23.2 Å². The number of rotatable bonds is 11. The first kappa shape index (κ1) is 28.9. The molecule has 38 heavy (non-hydrogen) atoms. The number of hydrogen-bond donors (Lipinski definition) is 3. The second kappa shape index (κ2) is 12.2. The number of carboxylic acids is 1. The zero-order chi connectivity index (χ0) is 28.0. The molecular weight excluding hydrogens is 526 g/mol. The first-order chi connectivity index (χ1) is 17.9. The van der Waals surface area contributed by atoms with Crippen molar-refractivity contribution in [2.75, 3.05) is 11.6 Å². The van der Waals surface area contributed by atoms with E-state index in [0.29, 0.717) is 27.4 Å². The highest BCUT2D eigenvalue weighted by molar-refractivity contribution is 8.02. The van der Waals surface area contributed by atoms with Crippen molar-refractivity contribution in [3.8, 4) is 11.1 Å². The van der Waals surface area contributed by atoms with E-state index in [1.54, 1.807) is 50.4 Å². The summed E-state index contributed by atoms with van der Waals surface area (Å²) >= 11 is 1.22. The van der Waals surface area contributed by atoms with Gasteiger partial charge in [-0.25, -0.2) is 8.42 Å². The largest absolute Gasteiger partial charge is 0.480 e. The van der Waals surface area contributed by atoms with Crippen molar-refractivity contribution in [2.24, 2.45) is 0 Å². The van der Waals surface area contributed by atoms with Crippen LogP contribution in [-0.2, 0) is 21.2 Å². The Morgan fingerprint density at radius 2 is 1.68 bits per heavy atom. The monoisotopic (exact) mass is 555 g/mol. The summed E-state index contributed by atoms with van der Waals surface area (Å²) in [6.45, 7) is 5.25. The Labute approximate surface area is 226 Å². The van der Waals surface area contributed by atoms with Gasteiger partial charge in [-0.1, -0.05) is 54.1 Å². The van der Waals surface area contributed by atoms with E-state index in [1.165, 1.54) is 11.8 Å². The van der Waals surface area contributed by atoms with Gasteiger partial charge < -0.3 is 10.4 Å².